The van der Waals surface area contributed by atoms with Crippen molar-refractivity contribution in [1.82, 2.24) is 9.78 Å². The van der Waals surface area contributed by atoms with Gasteiger partial charge in [0, 0.05) is 25.5 Å². The highest BCUT2D eigenvalue weighted by molar-refractivity contribution is 5.02. The number of rotatable bonds is 6. The molecule has 4 nitrogen and oxygen atoms in total. The van der Waals surface area contributed by atoms with Crippen LogP contribution in [0.2, 0.25) is 0 Å². The van der Waals surface area contributed by atoms with Gasteiger partial charge in [-0.1, -0.05) is 19.8 Å². The van der Waals surface area contributed by atoms with Gasteiger partial charge in [0.1, 0.15) is 0 Å². The molecule has 0 bridgehead atoms. The molecule has 1 fully saturated rings. The van der Waals surface area contributed by atoms with Crippen LogP contribution in [0.5, 0.6) is 0 Å². The quantitative estimate of drug-likeness (QED) is 0.871. The van der Waals surface area contributed by atoms with Gasteiger partial charge in [-0.05, 0) is 44.6 Å². The number of aliphatic hydroxyl groups excluding tert-OH is 1. The van der Waals surface area contributed by atoms with E-state index in [0.717, 1.165) is 32.1 Å². The number of aromatic nitrogens is 2. The summed E-state index contributed by atoms with van der Waals surface area (Å²) in [5.74, 6) is 0.640. The number of hydrogen-bond acceptors (Lipinski definition) is 3. The third-order valence-corrected chi connectivity index (χ3v) is 4.63. The first-order valence-corrected chi connectivity index (χ1v) is 7.86. The Kier molecular flexibility index (Phi) is 5.22. The smallest absolute Gasteiger partial charge is 0.0942 e. The monoisotopic (exact) mass is 280 g/mol. The van der Waals surface area contributed by atoms with Crippen molar-refractivity contribution in [3.05, 3.63) is 18.0 Å². The van der Waals surface area contributed by atoms with Gasteiger partial charge in [0.15, 0.2) is 0 Å². The molecule has 0 saturated heterocycles. The Morgan fingerprint density at radius 3 is 3.00 bits per heavy atom. The predicted molar refractivity (Wildman–Crippen MR) is 79.5 cm³/mol. The van der Waals surface area contributed by atoms with Crippen LogP contribution in [0.1, 0.15) is 51.6 Å². The van der Waals surface area contributed by atoms with E-state index in [0.29, 0.717) is 12.5 Å². The van der Waals surface area contributed by atoms with Crippen molar-refractivity contribution in [3.8, 4) is 0 Å². The molecule has 2 rings (SSSR count). The van der Waals surface area contributed by atoms with Crippen LogP contribution in [-0.2, 0) is 18.2 Å². The standard InChI is InChI=1S/C16H28N2O2/c1-4-20-16(10-5-6-13(2)12-16)15(19)8-7-14-9-11-17-18(14)3/h9,11,13,15,19H,4-8,10,12H2,1-3H3. The first kappa shape index (κ1) is 15.5. The molecule has 1 saturated carbocycles. The summed E-state index contributed by atoms with van der Waals surface area (Å²) < 4.78 is 7.91. The van der Waals surface area contributed by atoms with Crippen LogP contribution in [0.25, 0.3) is 0 Å². The normalized spacial score (nSPS) is 28.5. The number of nitrogens with zero attached hydrogens (tertiary/aromatic N) is 2. The Hall–Kier alpha value is -0.870. The molecular weight excluding hydrogens is 252 g/mol. The molecule has 1 aliphatic carbocycles. The number of aryl methyl sites for hydroxylation is 2. The fourth-order valence-corrected chi connectivity index (χ4v) is 3.56. The van der Waals surface area contributed by atoms with Crippen LogP contribution >= 0.6 is 0 Å². The van der Waals surface area contributed by atoms with E-state index in [9.17, 15) is 5.11 Å². The van der Waals surface area contributed by atoms with Crippen LogP contribution in [0.4, 0.5) is 0 Å². The molecule has 0 amide bonds. The van der Waals surface area contributed by atoms with E-state index in [1.807, 2.05) is 30.9 Å². The third-order valence-electron chi connectivity index (χ3n) is 4.63. The molecule has 3 unspecified atom stereocenters. The Morgan fingerprint density at radius 2 is 2.40 bits per heavy atom. The molecule has 0 aliphatic heterocycles. The average Bonchev–Trinajstić information content (AvgIpc) is 2.82. The van der Waals surface area contributed by atoms with Crippen LogP contribution in [0, 0.1) is 5.92 Å². The maximum atomic E-state index is 10.7. The summed E-state index contributed by atoms with van der Waals surface area (Å²) >= 11 is 0. The van der Waals surface area contributed by atoms with E-state index < -0.39 is 0 Å². The van der Waals surface area contributed by atoms with Crippen molar-refractivity contribution < 1.29 is 9.84 Å². The van der Waals surface area contributed by atoms with Crippen LogP contribution in [-0.4, -0.2) is 33.2 Å². The number of ether oxygens (including phenoxy) is 1. The van der Waals surface area contributed by atoms with E-state index in [2.05, 4.69) is 12.0 Å². The summed E-state index contributed by atoms with van der Waals surface area (Å²) in [7, 11) is 1.95. The summed E-state index contributed by atoms with van der Waals surface area (Å²) in [6, 6.07) is 2.02. The van der Waals surface area contributed by atoms with Crippen molar-refractivity contribution in [2.45, 2.75) is 64.1 Å². The molecule has 0 aromatic carbocycles. The molecule has 1 aromatic heterocycles. The molecule has 4 heteroatoms. The van der Waals surface area contributed by atoms with Crippen molar-refractivity contribution in [2.24, 2.45) is 13.0 Å². The first-order chi connectivity index (χ1) is 9.57. The van der Waals surface area contributed by atoms with Crippen LogP contribution in [0.3, 0.4) is 0 Å². The second kappa shape index (κ2) is 6.72. The van der Waals surface area contributed by atoms with Crippen molar-refractivity contribution in [2.75, 3.05) is 6.61 Å². The van der Waals surface area contributed by atoms with E-state index in [4.69, 9.17) is 4.74 Å². The Balaban J connectivity index is 1.99. The van der Waals surface area contributed by atoms with Gasteiger partial charge in [-0.15, -0.1) is 0 Å². The molecule has 1 heterocycles. The third kappa shape index (κ3) is 3.41. The zero-order chi connectivity index (χ0) is 14.6. The highest BCUT2D eigenvalue weighted by atomic mass is 16.5. The number of hydrogen-bond donors (Lipinski definition) is 1. The molecule has 1 aromatic rings. The lowest BCUT2D eigenvalue weighted by molar-refractivity contribution is -0.149. The minimum atomic E-state index is -0.389. The van der Waals surface area contributed by atoms with E-state index in [1.54, 1.807) is 0 Å². The summed E-state index contributed by atoms with van der Waals surface area (Å²) in [4.78, 5) is 0. The molecule has 1 N–H and O–H groups in total. The van der Waals surface area contributed by atoms with Gasteiger partial charge in [0.05, 0.1) is 11.7 Å². The minimum absolute atomic E-state index is 0.328. The molecule has 1 aliphatic rings. The van der Waals surface area contributed by atoms with Gasteiger partial charge >= 0.3 is 0 Å². The lowest BCUT2D eigenvalue weighted by Gasteiger charge is -2.43. The summed E-state index contributed by atoms with van der Waals surface area (Å²) in [6.45, 7) is 4.96. The van der Waals surface area contributed by atoms with Crippen molar-refractivity contribution in [3.63, 3.8) is 0 Å². The second-order valence-corrected chi connectivity index (χ2v) is 6.20. The van der Waals surface area contributed by atoms with Crippen LogP contribution in [0.15, 0.2) is 12.3 Å². The summed E-state index contributed by atoms with van der Waals surface area (Å²) in [5, 5.41) is 14.9. The largest absolute Gasteiger partial charge is 0.390 e. The lowest BCUT2D eigenvalue weighted by atomic mass is 9.74. The molecule has 0 radical (unpaired) electrons. The van der Waals surface area contributed by atoms with Gasteiger partial charge in [-0.25, -0.2) is 0 Å². The fraction of sp³-hybridized carbons (Fsp3) is 0.812. The zero-order valence-corrected chi connectivity index (χ0v) is 13.0. The lowest BCUT2D eigenvalue weighted by Crippen LogP contribution is -2.48. The predicted octanol–water partition coefficient (Wildman–Crippen LogP) is 2.70. The zero-order valence-electron chi connectivity index (χ0n) is 13.0. The van der Waals surface area contributed by atoms with Gasteiger partial charge < -0.3 is 9.84 Å². The van der Waals surface area contributed by atoms with Gasteiger partial charge in [-0.2, -0.15) is 5.10 Å². The van der Waals surface area contributed by atoms with E-state index in [-0.39, 0.29) is 11.7 Å². The SMILES string of the molecule is CCOC1(C(O)CCc2ccnn2C)CCCC(C)C1. The van der Waals surface area contributed by atoms with Gasteiger partial charge in [0.2, 0.25) is 0 Å². The van der Waals surface area contributed by atoms with Crippen LogP contribution < -0.4 is 0 Å². The molecule has 0 spiro atoms. The fourth-order valence-electron chi connectivity index (χ4n) is 3.56. The molecular formula is C16H28N2O2. The number of aliphatic hydroxyl groups is 1. The minimum Gasteiger partial charge on any atom is -0.390 e. The van der Waals surface area contributed by atoms with Gasteiger partial charge in [-0.3, -0.25) is 4.68 Å². The summed E-state index contributed by atoms with van der Waals surface area (Å²) in [6.07, 6.45) is 7.38. The first-order valence-electron chi connectivity index (χ1n) is 7.86. The second-order valence-electron chi connectivity index (χ2n) is 6.20. The van der Waals surface area contributed by atoms with Crippen molar-refractivity contribution >= 4 is 0 Å². The van der Waals surface area contributed by atoms with Gasteiger partial charge in [0.25, 0.3) is 0 Å². The highest BCUT2D eigenvalue weighted by Gasteiger charge is 2.41. The van der Waals surface area contributed by atoms with Crippen molar-refractivity contribution in [1.29, 1.82) is 0 Å². The summed E-state index contributed by atoms with van der Waals surface area (Å²) in [5.41, 5.74) is 0.838. The maximum Gasteiger partial charge on any atom is 0.0942 e. The molecule has 114 valence electrons. The Bertz CT molecular complexity index is 414. The maximum absolute atomic E-state index is 10.7. The Labute approximate surface area is 122 Å². The molecule has 20 heavy (non-hydrogen) atoms. The van der Waals surface area contributed by atoms with E-state index in [1.165, 1.54) is 12.1 Å². The Morgan fingerprint density at radius 1 is 1.60 bits per heavy atom. The topological polar surface area (TPSA) is 47.3 Å². The molecule has 3 atom stereocenters. The highest BCUT2D eigenvalue weighted by Crippen LogP contribution is 2.39. The van der Waals surface area contributed by atoms with E-state index >= 15 is 0 Å². The average molecular weight is 280 g/mol.